The van der Waals surface area contributed by atoms with Crippen LogP contribution in [0.2, 0.25) is 0 Å². The number of benzene rings is 2. The molecule has 1 fully saturated rings. The highest BCUT2D eigenvalue weighted by Gasteiger charge is 2.23. The number of carbonyl (C=O) groups is 2. The third-order valence-corrected chi connectivity index (χ3v) is 5.62. The highest BCUT2D eigenvalue weighted by molar-refractivity contribution is 7.71. The van der Waals surface area contributed by atoms with Crippen LogP contribution in [0.15, 0.2) is 48.5 Å². The van der Waals surface area contributed by atoms with Crippen LogP contribution in [-0.2, 0) is 22.6 Å². The molecule has 1 aromatic heterocycles. The number of aromatic nitrogens is 3. The van der Waals surface area contributed by atoms with Crippen LogP contribution in [0.4, 0.5) is 0 Å². The Kier molecular flexibility index (Phi) is 7.19. The molecule has 0 spiro atoms. The maximum Gasteiger partial charge on any atom is 0.258 e. The standard InChI is InChI=1S/C24H27N5O3S/c1-16-3-2-4-18(13-16)23-27-28-24(33)29(23)14-21(30)25-12-11-17-5-9-20(10-6-17)32-15-22(31)26-19-7-8-19/h2-6,9-10,13,19H,7-8,11-12,14-15H2,1H3,(H,25,30)(H,26,31)(H,28,33). The van der Waals surface area contributed by atoms with Crippen molar-refractivity contribution in [3.63, 3.8) is 0 Å². The molecule has 3 N–H and O–H groups in total. The van der Waals surface area contributed by atoms with Gasteiger partial charge in [-0.2, -0.15) is 5.10 Å². The Morgan fingerprint density at radius 1 is 1.18 bits per heavy atom. The molecule has 0 unspecified atom stereocenters. The van der Waals surface area contributed by atoms with Gasteiger partial charge in [0.25, 0.3) is 5.91 Å². The predicted molar refractivity (Wildman–Crippen MR) is 127 cm³/mol. The highest BCUT2D eigenvalue weighted by Crippen LogP contribution is 2.19. The summed E-state index contributed by atoms with van der Waals surface area (Å²) in [5.41, 5.74) is 3.07. The lowest BCUT2D eigenvalue weighted by Gasteiger charge is -2.10. The van der Waals surface area contributed by atoms with E-state index in [1.807, 2.05) is 55.5 Å². The average Bonchev–Trinajstić information content (AvgIpc) is 3.54. The van der Waals surface area contributed by atoms with Crippen molar-refractivity contribution in [1.29, 1.82) is 0 Å². The minimum atomic E-state index is -0.136. The van der Waals surface area contributed by atoms with Crippen molar-refractivity contribution in [3.05, 3.63) is 64.4 Å². The molecule has 2 amide bonds. The van der Waals surface area contributed by atoms with E-state index in [0.717, 1.165) is 29.5 Å². The fourth-order valence-electron chi connectivity index (χ4n) is 3.41. The fraction of sp³-hybridized carbons (Fsp3) is 0.333. The van der Waals surface area contributed by atoms with Crippen molar-refractivity contribution in [2.24, 2.45) is 0 Å². The molecule has 1 aliphatic rings. The van der Waals surface area contributed by atoms with Gasteiger partial charge in [-0.25, -0.2) is 0 Å². The second-order valence-electron chi connectivity index (χ2n) is 8.18. The van der Waals surface area contributed by atoms with E-state index in [0.29, 0.717) is 35.4 Å². The number of ether oxygens (including phenoxy) is 1. The largest absolute Gasteiger partial charge is 0.484 e. The predicted octanol–water partition coefficient (Wildman–Crippen LogP) is 2.93. The van der Waals surface area contributed by atoms with E-state index >= 15 is 0 Å². The molecule has 0 radical (unpaired) electrons. The summed E-state index contributed by atoms with van der Waals surface area (Å²) in [5.74, 6) is 1.06. The summed E-state index contributed by atoms with van der Waals surface area (Å²) in [6.07, 6.45) is 2.79. The molecular formula is C24H27N5O3S. The summed E-state index contributed by atoms with van der Waals surface area (Å²) >= 11 is 5.31. The van der Waals surface area contributed by atoms with Gasteiger partial charge in [0.15, 0.2) is 17.2 Å². The van der Waals surface area contributed by atoms with E-state index in [4.69, 9.17) is 17.0 Å². The summed E-state index contributed by atoms with van der Waals surface area (Å²) < 4.78 is 7.62. The number of rotatable bonds is 10. The fourth-order valence-corrected chi connectivity index (χ4v) is 3.61. The zero-order valence-corrected chi connectivity index (χ0v) is 19.3. The molecular weight excluding hydrogens is 438 g/mol. The molecule has 2 aromatic carbocycles. The van der Waals surface area contributed by atoms with Crippen LogP contribution in [0, 0.1) is 11.7 Å². The second kappa shape index (κ2) is 10.4. The first-order chi connectivity index (χ1) is 16.0. The molecule has 0 bridgehead atoms. The highest BCUT2D eigenvalue weighted by atomic mass is 32.1. The number of nitrogens with zero attached hydrogens (tertiary/aromatic N) is 2. The first-order valence-electron chi connectivity index (χ1n) is 11.0. The van der Waals surface area contributed by atoms with Crippen molar-refractivity contribution in [2.75, 3.05) is 13.2 Å². The van der Waals surface area contributed by atoms with Crippen LogP contribution >= 0.6 is 12.2 Å². The Morgan fingerprint density at radius 2 is 1.97 bits per heavy atom. The molecule has 0 aliphatic heterocycles. The van der Waals surface area contributed by atoms with Gasteiger partial charge in [0, 0.05) is 18.2 Å². The third-order valence-electron chi connectivity index (χ3n) is 5.31. The van der Waals surface area contributed by atoms with Crippen molar-refractivity contribution < 1.29 is 14.3 Å². The number of aromatic amines is 1. The van der Waals surface area contributed by atoms with E-state index in [-0.39, 0.29) is 25.0 Å². The molecule has 3 aromatic rings. The normalized spacial score (nSPS) is 12.9. The van der Waals surface area contributed by atoms with Gasteiger partial charge in [-0.3, -0.25) is 19.3 Å². The van der Waals surface area contributed by atoms with E-state index in [2.05, 4.69) is 20.8 Å². The van der Waals surface area contributed by atoms with E-state index < -0.39 is 0 Å². The lowest BCUT2D eigenvalue weighted by Crippen LogP contribution is -2.30. The van der Waals surface area contributed by atoms with Gasteiger partial charge in [0.1, 0.15) is 12.3 Å². The molecule has 0 atom stereocenters. The van der Waals surface area contributed by atoms with Crippen LogP contribution in [0.5, 0.6) is 5.75 Å². The number of aryl methyl sites for hydroxylation is 1. The van der Waals surface area contributed by atoms with Crippen molar-refractivity contribution in [2.45, 2.75) is 38.8 Å². The summed E-state index contributed by atoms with van der Waals surface area (Å²) in [6.45, 7) is 2.61. The Labute approximate surface area is 197 Å². The topological polar surface area (TPSA) is 101 Å². The molecule has 1 heterocycles. The number of amides is 2. The summed E-state index contributed by atoms with van der Waals surface area (Å²) in [7, 11) is 0. The van der Waals surface area contributed by atoms with Gasteiger partial charge in [0.05, 0.1) is 0 Å². The van der Waals surface area contributed by atoms with Crippen LogP contribution < -0.4 is 15.4 Å². The van der Waals surface area contributed by atoms with Gasteiger partial charge in [-0.05, 0) is 62.2 Å². The number of hydrogen-bond acceptors (Lipinski definition) is 5. The molecule has 1 saturated carbocycles. The van der Waals surface area contributed by atoms with Crippen molar-refractivity contribution >= 4 is 24.0 Å². The van der Waals surface area contributed by atoms with Gasteiger partial charge in [-0.1, -0.05) is 35.9 Å². The van der Waals surface area contributed by atoms with E-state index in [9.17, 15) is 9.59 Å². The van der Waals surface area contributed by atoms with E-state index in [1.165, 1.54) is 0 Å². The third kappa shape index (κ3) is 6.52. The minimum Gasteiger partial charge on any atom is -0.484 e. The summed E-state index contributed by atoms with van der Waals surface area (Å²) in [6, 6.07) is 15.8. The zero-order valence-electron chi connectivity index (χ0n) is 18.5. The number of hydrogen-bond donors (Lipinski definition) is 3. The second-order valence-corrected chi connectivity index (χ2v) is 8.57. The Morgan fingerprint density at radius 3 is 2.70 bits per heavy atom. The SMILES string of the molecule is Cc1cccc(-c2n[nH]c(=S)n2CC(=O)NCCc2ccc(OCC(=O)NC3CC3)cc2)c1. The van der Waals surface area contributed by atoms with Gasteiger partial charge >= 0.3 is 0 Å². The maximum absolute atomic E-state index is 12.5. The van der Waals surface area contributed by atoms with Gasteiger partial charge in [-0.15, -0.1) is 0 Å². The number of H-pyrrole nitrogens is 1. The number of nitrogens with one attached hydrogen (secondary N) is 3. The molecule has 0 saturated heterocycles. The molecule has 33 heavy (non-hydrogen) atoms. The van der Waals surface area contributed by atoms with Gasteiger partial charge < -0.3 is 15.4 Å². The first kappa shape index (κ1) is 22.7. The number of carbonyl (C=O) groups excluding carboxylic acids is 2. The van der Waals surface area contributed by atoms with E-state index in [1.54, 1.807) is 4.57 Å². The Hall–Kier alpha value is -3.46. The summed E-state index contributed by atoms with van der Waals surface area (Å²) in [4.78, 5) is 24.2. The molecule has 1 aliphatic carbocycles. The van der Waals surface area contributed by atoms with Crippen LogP contribution in [-0.4, -0.2) is 45.8 Å². The lowest BCUT2D eigenvalue weighted by atomic mass is 10.1. The molecule has 8 nitrogen and oxygen atoms in total. The monoisotopic (exact) mass is 465 g/mol. The summed E-state index contributed by atoms with van der Waals surface area (Å²) in [5, 5.41) is 12.9. The lowest BCUT2D eigenvalue weighted by molar-refractivity contribution is -0.123. The Balaban J connectivity index is 1.24. The molecule has 4 rings (SSSR count). The van der Waals surface area contributed by atoms with Crippen LogP contribution in [0.25, 0.3) is 11.4 Å². The van der Waals surface area contributed by atoms with Crippen LogP contribution in [0.1, 0.15) is 24.0 Å². The van der Waals surface area contributed by atoms with Gasteiger partial charge in [0.2, 0.25) is 5.91 Å². The van der Waals surface area contributed by atoms with Crippen molar-refractivity contribution in [1.82, 2.24) is 25.4 Å². The molecule has 172 valence electrons. The maximum atomic E-state index is 12.5. The Bertz CT molecular complexity index is 1180. The first-order valence-corrected chi connectivity index (χ1v) is 11.4. The smallest absolute Gasteiger partial charge is 0.258 e. The van der Waals surface area contributed by atoms with Crippen LogP contribution in [0.3, 0.4) is 0 Å². The molecule has 9 heteroatoms. The zero-order chi connectivity index (χ0) is 23.2. The average molecular weight is 466 g/mol. The minimum absolute atomic E-state index is 0.0208. The van der Waals surface area contributed by atoms with Crippen molar-refractivity contribution in [3.8, 4) is 17.1 Å². The quantitative estimate of drug-likeness (QED) is 0.400.